The number of aliphatic hydroxyl groups is 1. The minimum absolute atomic E-state index is 0.0181. The van der Waals surface area contributed by atoms with E-state index in [0.717, 1.165) is 24.0 Å². The zero-order chi connectivity index (χ0) is 13.9. The van der Waals surface area contributed by atoms with Crippen molar-refractivity contribution in [2.75, 3.05) is 13.1 Å². The molecule has 0 aliphatic heterocycles. The predicted molar refractivity (Wildman–Crippen MR) is 75.0 cm³/mol. The van der Waals surface area contributed by atoms with Gasteiger partial charge in [0.2, 0.25) is 10.0 Å². The fourth-order valence-corrected chi connectivity index (χ4v) is 3.70. The van der Waals surface area contributed by atoms with Crippen LogP contribution in [0.15, 0.2) is 24.3 Å². The molecule has 2 rings (SSSR count). The van der Waals surface area contributed by atoms with Crippen LogP contribution in [0.4, 0.5) is 0 Å². The fourth-order valence-electron chi connectivity index (χ4n) is 2.07. The molecule has 1 aromatic rings. The van der Waals surface area contributed by atoms with E-state index < -0.39 is 10.0 Å². The first kappa shape index (κ1) is 14.5. The van der Waals surface area contributed by atoms with Gasteiger partial charge >= 0.3 is 0 Å². The first-order chi connectivity index (χ1) is 9.05. The quantitative estimate of drug-likeness (QED) is 0.829. The summed E-state index contributed by atoms with van der Waals surface area (Å²) in [5, 5.41) is 8.97. The van der Waals surface area contributed by atoms with Crippen molar-refractivity contribution in [2.45, 2.75) is 32.1 Å². The summed E-state index contributed by atoms with van der Waals surface area (Å²) >= 11 is 0. The van der Waals surface area contributed by atoms with E-state index in [1.54, 1.807) is 28.6 Å². The van der Waals surface area contributed by atoms with Crippen molar-refractivity contribution >= 4 is 10.0 Å². The van der Waals surface area contributed by atoms with Gasteiger partial charge in [0.25, 0.3) is 0 Å². The minimum atomic E-state index is -3.23. The number of hydrogen-bond donors (Lipinski definition) is 1. The Kier molecular flexibility index (Phi) is 4.60. The molecule has 0 unspecified atom stereocenters. The minimum Gasteiger partial charge on any atom is -0.392 e. The summed E-state index contributed by atoms with van der Waals surface area (Å²) in [4.78, 5) is 0. The van der Waals surface area contributed by atoms with Crippen LogP contribution in [0.1, 0.15) is 30.9 Å². The van der Waals surface area contributed by atoms with E-state index in [-0.39, 0.29) is 12.4 Å². The summed E-state index contributed by atoms with van der Waals surface area (Å²) in [5.74, 6) is 0.603. The molecule has 0 heterocycles. The van der Waals surface area contributed by atoms with Gasteiger partial charge in [-0.3, -0.25) is 0 Å². The Labute approximate surface area is 115 Å². The monoisotopic (exact) mass is 283 g/mol. The van der Waals surface area contributed by atoms with Crippen LogP contribution in [0, 0.1) is 5.92 Å². The summed E-state index contributed by atoms with van der Waals surface area (Å²) in [6.45, 7) is 3.06. The van der Waals surface area contributed by atoms with Gasteiger partial charge in [0, 0.05) is 13.1 Å². The number of hydrogen-bond acceptors (Lipinski definition) is 3. The van der Waals surface area contributed by atoms with Gasteiger partial charge in [0.05, 0.1) is 12.4 Å². The van der Waals surface area contributed by atoms with Gasteiger partial charge in [-0.25, -0.2) is 12.7 Å². The van der Waals surface area contributed by atoms with Crippen molar-refractivity contribution in [3.63, 3.8) is 0 Å². The lowest BCUT2D eigenvalue weighted by Gasteiger charge is -2.20. The number of sulfonamides is 1. The van der Waals surface area contributed by atoms with Crippen molar-refractivity contribution in [1.82, 2.24) is 4.31 Å². The van der Waals surface area contributed by atoms with Crippen LogP contribution < -0.4 is 0 Å². The lowest BCUT2D eigenvalue weighted by Crippen LogP contribution is -2.33. The van der Waals surface area contributed by atoms with Crippen LogP contribution in [-0.4, -0.2) is 30.9 Å². The molecule has 1 fully saturated rings. The first-order valence-corrected chi connectivity index (χ1v) is 8.32. The third kappa shape index (κ3) is 4.03. The zero-order valence-electron chi connectivity index (χ0n) is 11.2. The third-order valence-electron chi connectivity index (χ3n) is 3.46. The fraction of sp³-hybridized carbons (Fsp3) is 0.571. The molecule has 0 aromatic heterocycles. The first-order valence-electron chi connectivity index (χ1n) is 6.71. The summed E-state index contributed by atoms with van der Waals surface area (Å²) in [6.07, 6.45) is 2.30. The average Bonchev–Trinajstić information content (AvgIpc) is 3.20. The summed E-state index contributed by atoms with van der Waals surface area (Å²) in [5.41, 5.74) is 1.57. The van der Waals surface area contributed by atoms with Gasteiger partial charge in [-0.05, 0) is 29.9 Å². The SMILES string of the molecule is CCN(CC1CC1)S(=O)(=O)Cc1ccc(CO)cc1. The van der Waals surface area contributed by atoms with Crippen LogP contribution in [0.3, 0.4) is 0 Å². The van der Waals surface area contributed by atoms with Gasteiger partial charge < -0.3 is 5.11 Å². The molecule has 0 amide bonds. The number of rotatable bonds is 7. The molecule has 5 heteroatoms. The predicted octanol–water partition coefficient (Wildman–Crippen LogP) is 1.74. The van der Waals surface area contributed by atoms with Crippen molar-refractivity contribution in [3.05, 3.63) is 35.4 Å². The Morgan fingerprint density at radius 2 is 1.79 bits per heavy atom. The smallest absolute Gasteiger partial charge is 0.218 e. The molecular formula is C14H21NO3S. The Morgan fingerprint density at radius 3 is 2.26 bits per heavy atom. The molecule has 0 saturated heterocycles. The van der Waals surface area contributed by atoms with Crippen molar-refractivity contribution in [3.8, 4) is 0 Å². The van der Waals surface area contributed by atoms with Gasteiger partial charge in [-0.1, -0.05) is 31.2 Å². The third-order valence-corrected chi connectivity index (χ3v) is 5.35. The van der Waals surface area contributed by atoms with E-state index in [0.29, 0.717) is 19.0 Å². The van der Waals surface area contributed by atoms with E-state index >= 15 is 0 Å². The maximum atomic E-state index is 12.3. The Hall–Kier alpha value is -0.910. The number of benzene rings is 1. The van der Waals surface area contributed by atoms with Crippen LogP contribution in [-0.2, 0) is 22.4 Å². The van der Waals surface area contributed by atoms with Crippen LogP contribution in [0.25, 0.3) is 0 Å². The van der Waals surface area contributed by atoms with Crippen molar-refractivity contribution in [1.29, 1.82) is 0 Å². The van der Waals surface area contributed by atoms with Gasteiger partial charge in [-0.15, -0.1) is 0 Å². The number of aliphatic hydroxyl groups excluding tert-OH is 1. The van der Waals surface area contributed by atoms with E-state index in [2.05, 4.69) is 0 Å². The van der Waals surface area contributed by atoms with E-state index in [1.165, 1.54) is 0 Å². The molecule has 1 aliphatic carbocycles. The molecule has 1 saturated carbocycles. The average molecular weight is 283 g/mol. The van der Waals surface area contributed by atoms with Gasteiger partial charge in [0.1, 0.15) is 0 Å². The topological polar surface area (TPSA) is 57.6 Å². The molecule has 0 spiro atoms. The lowest BCUT2D eigenvalue weighted by atomic mass is 10.2. The second-order valence-corrected chi connectivity index (χ2v) is 7.09. The largest absolute Gasteiger partial charge is 0.392 e. The molecule has 0 radical (unpaired) electrons. The summed E-state index contributed by atoms with van der Waals surface area (Å²) in [7, 11) is -3.23. The van der Waals surface area contributed by atoms with E-state index in [4.69, 9.17) is 5.11 Å². The molecule has 0 atom stereocenters. The molecule has 0 bridgehead atoms. The Balaban J connectivity index is 2.05. The second-order valence-electron chi connectivity index (χ2n) is 5.12. The van der Waals surface area contributed by atoms with E-state index in [1.807, 2.05) is 6.92 Å². The molecule has 1 N–H and O–H groups in total. The highest BCUT2D eigenvalue weighted by atomic mass is 32.2. The maximum Gasteiger partial charge on any atom is 0.218 e. The highest BCUT2D eigenvalue weighted by molar-refractivity contribution is 7.88. The van der Waals surface area contributed by atoms with Gasteiger partial charge in [-0.2, -0.15) is 0 Å². The maximum absolute atomic E-state index is 12.3. The van der Waals surface area contributed by atoms with E-state index in [9.17, 15) is 8.42 Å². The molecular weight excluding hydrogens is 262 g/mol. The van der Waals surface area contributed by atoms with Crippen LogP contribution in [0.5, 0.6) is 0 Å². The molecule has 4 nitrogen and oxygen atoms in total. The lowest BCUT2D eigenvalue weighted by molar-refractivity contribution is 0.282. The zero-order valence-corrected chi connectivity index (χ0v) is 12.1. The second kappa shape index (κ2) is 6.03. The highest BCUT2D eigenvalue weighted by Crippen LogP contribution is 2.30. The van der Waals surface area contributed by atoms with Crippen LogP contribution >= 0.6 is 0 Å². The molecule has 106 valence electrons. The highest BCUT2D eigenvalue weighted by Gasteiger charge is 2.29. The van der Waals surface area contributed by atoms with Crippen molar-refractivity contribution in [2.24, 2.45) is 5.92 Å². The summed E-state index contributed by atoms with van der Waals surface area (Å²) in [6, 6.07) is 7.08. The summed E-state index contributed by atoms with van der Waals surface area (Å²) < 4.78 is 26.2. The molecule has 19 heavy (non-hydrogen) atoms. The number of nitrogens with zero attached hydrogens (tertiary/aromatic N) is 1. The van der Waals surface area contributed by atoms with Gasteiger partial charge in [0.15, 0.2) is 0 Å². The normalized spacial score (nSPS) is 15.9. The molecule has 1 aromatic carbocycles. The van der Waals surface area contributed by atoms with Crippen LogP contribution in [0.2, 0.25) is 0 Å². The standard InChI is InChI=1S/C14H21NO3S/c1-2-15(9-12-3-4-12)19(17,18)11-14-7-5-13(10-16)6-8-14/h5-8,12,16H,2-4,9-11H2,1H3. The molecule has 1 aliphatic rings. The van der Waals surface area contributed by atoms with Crippen molar-refractivity contribution < 1.29 is 13.5 Å². The Morgan fingerprint density at radius 1 is 1.21 bits per heavy atom. The Bertz CT molecular complexity index is 506.